The molecule has 0 fully saturated rings. The van der Waals surface area contributed by atoms with Crippen molar-refractivity contribution in [3.05, 3.63) is 30.1 Å². The Balaban J connectivity index is 2.26. The van der Waals surface area contributed by atoms with Crippen molar-refractivity contribution in [1.82, 2.24) is 0 Å². The van der Waals surface area contributed by atoms with E-state index < -0.39 is 0 Å². The van der Waals surface area contributed by atoms with Gasteiger partial charge in [0.2, 0.25) is 0 Å². The van der Waals surface area contributed by atoms with Crippen LogP contribution in [-0.4, -0.2) is 24.5 Å². The number of benzene rings is 1. The smallest absolute Gasteiger partial charge is 0.123 e. The molecule has 0 amide bonds. The van der Waals surface area contributed by atoms with Crippen molar-refractivity contribution in [2.75, 3.05) is 12.4 Å². The number of ether oxygens (including phenoxy) is 1. The average molecular weight is 243 g/mol. The van der Waals surface area contributed by atoms with Crippen molar-refractivity contribution >= 4 is 11.8 Å². The third-order valence-electron chi connectivity index (χ3n) is 1.92. The van der Waals surface area contributed by atoms with Gasteiger partial charge >= 0.3 is 0 Å². The van der Waals surface area contributed by atoms with Crippen molar-refractivity contribution in [2.45, 2.75) is 30.9 Å². The summed E-state index contributed by atoms with van der Waals surface area (Å²) in [7, 11) is 0. The summed E-state index contributed by atoms with van der Waals surface area (Å²) in [5.74, 6) is 0.565. The van der Waals surface area contributed by atoms with Crippen LogP contribution in [0.4, 0.5) is 4.39 Å². The molecule has 1 aromatic rings. The molecule has 0 radical (unpaired) electrons. The first-order valence-corrected chi connectivity index (χ1v) is 6.32. The Morgan fingerprint density at radius 1 is 1.31 bits per heavy atom. The summed E-state index contributed by atoms with van der Waals surface area (Å²) in [4.78, 5) is 1.03. The van der Waals surface area contributed by atoms with E-state index in [0.717, 1.165) is 10.6 Å². The van der Waals surface area contributed by atoms with E-state index in [-0.39, 0.29) is 18.0 Å². The van der Waals surface area contributed by atoms with Gasteiger partial charge in [-0.15, -0.1) is 11.8 Å². The number of hydrogen-bond donors (Lipinski definition) is 1. The first-order valence-electron chi connectivity index (χ1n) is 5.33. The molecule has 0 aliphatic heterocycles. The summed E-state index contributed by atoms with van der Waals surface area (Å²) < 4.78 is 18.1. The van der Waals surface area contributed by atoms with Crippen LogP contribution in [-0.2, 0) is 4.74 Å². The maximum absolute atomic E-state index is 12.6. The highest BCUT2D eigenvalue weighted by atomic mass is 32.2. The van der Waals surface area contributed by atoms with Gasteiger partial charge in [0.1, 0.15) is 5.82 Å². The number of nitrogens with two attached hydrogens (primary N) is 1. The monoisotopic (exact) mass is 243 g/mol. The van der Waals surface area contributed by atoms with Crippen LogP contribution in [0.1, 0.15) is 13.8 Å². The van der Waals surface area contributed by atoms with Crippen LogP contribution in [0.2, 0.25) is 0 Å². The SMILES string of the molecule is CC(C)OCC(N)CSc1ccc(F)cc1. The molecule has 0 aliphatic carbocycles. The van der Waals surface area contributed by atoms with Gasteiger partial charge in [-0.25, -0.2) is 4.39 Å². The highest BCUT2D eigenvalue weighted by Crippen LogP contribution is 2.18. The lowest BCUT2D eigenvalue weighted by atomic mass is 10.3. The molecule has 90 valence electrons. The van der Waals surface area contributed by atoms with Gasteiger partial charge in [-0.05, 0) is 38.1 Å². The van der Waals surface area contributed by atoms with E-state index in [2.05, 4.69) is 0 Å². The standard InChI is InChI=1S/C12H18FNOS/c1-9(2)15-7-11(14)8-16-12-5-3-10(13)4-6-12/h3-6,9,11H,7-8,14H2,1-2H3. The molecule has 0 saturated carbocycles. The van der Waals surface area contributed by atoms with E-state index in [1.54, 1.807) is 23.9 Å². The Morgan fingerprint density at radius 2 is 1.94 bits per heavy atom. The molecule has 2 N–H and O–H groups in total. The van der Waals surface area contributed by atoms with Gasteiger partial charge in [0.25, 0.3) is 0 Å². The zero-order chi connectivity index (χ0) is 12.0. The fourth-order valence-corrected chi connectivity index (χ4v) is 1.93. The minimum Gasteiger partial charge on any atom is -0.377 e. The zero-order valence-corrected chi connectivity index (χ0v) is 10.5. The minimum absolute atomic E-state index is 0.0115. The van der Waals surface area contributed by atoms with Crippen molar-refractivity contribution < 1.29 is 9.13 Å². The predicted octanol–water partition coefficient (Wildman–Crippen LogP) is 2.67. The van der Waals surface area contributed by atoms with E-state index in [1.165, 1.54) is 12.1 Å². The maximum atomic E-state index is 12.6. The predicted molar refractivity (Wildman–Crippen MR) is 66.2 cm³/mol. The average Bonchev–Trinajstić information content (AvgIpc) is 2.25. The van der Waals surface area contributed by atoms with E-state index in [0.29, 0.717) is 6.61 Å². The Morgan fingerprint density at radius 3 is 2.50 bits per heavy atom. The number of rotatable bonds is 6. The topological polar surface area (TPSA) is 35.2 Å². The molecule has 0 saturated heterocycles. The third-order valence-corrected chi connectivity index (χ3v) is 3.12. The summed E-state index contributed by atoms with van der Waals surface area (Å²) in [5.41, 5.74) is 5.88. The van der Waals surface area contributed by atoms with Crippen LogP contribution in [0.25, 0.3) is 0 Å². The fourth-order valence-electron chi connectivity index (χ4n) is 1.10. The van der Waals surface area contributed by atoms with Gasteiger partial charge in [0.05, 0.1) is 12.7 Å². The Hall–Kier alpha value is -0.580. The van der Waals surface area contributed by atoms with Crippen LogP contribution in [0.15, 0.2) is 29.2 Å². The van der Waals surface area contributed by atoms with Gasteiger partial charge in [0, 0.05) is 16.7 Å². The Labute approximate surface area is 100 Å². The number of thioether (sulfide) groups is 1. The normalized spacial score (nSPS) is 13.1. The lowest BCUT2D eigenvalue weighted by molar-refractivity contribution is 0.0720. The van der Waals surface area contributed by atoms with Gasteiger partial charge in [-0.2, -0.15) is 0 Å². The first kappa shape index (κ1) is 13.5. The van der Waals surface area contributed by atoms with Crippen molar-refractivity contribution in [2.24, 2.45) is 5.73 Å². The summed E-state index contributed by atoms with van der Waals surface area (Å²) in [6.07, 6.45) is 0.210. The zero-order valence-electron chi connectivity index (χ0n) is 9.65. The molecular weight excluding hydrogens is 225 g/mol. The van der Waals surface area contributed by atoms with Crippen LogP contribution in [0.5, 0.6) is 0 Å². The second-order valence-electron chi connectivity index (χ2n) is 3.91. The molecule has 1 unspecified atom stereocenters. The molecule has 0 heterocycles. The second kappa shape index (κ2) is 6.89. The van der Waals surface area contributed by atoms with Gasteiger partial charge in [-0.1, -0.05) is 0 Å². The lowest BCUT2D eigenvalue weighted by Crippen LogP contribution is -2.30. The quantitative estimate of drug-likeness (QED) is 0.780. The maximum Gasteiger partial charge on any atom is 0.123 e. The van der Waals surface area contributed by atoms with Gasteiger partial charge in [0.15, 0.2) is 0 Å². The molecule has 0 aliphatic rings. The van der Waals surface area contributed by atoms with Crippen LogP contribution < -0.4 is 5.73 Å². The molecule has 4 heteroatoms. The molecule has 16 heavy (non-hydrogen) atoms. The molecule has 1 aromatic carbocycles. The highest BCUT2D eigenvalue weighted by Gasteiger charge is 2.05. The van der Waals surface area contributed by atoms with Crippen molar-refractivity contribution in [3.8, 4) is 0 Å². The Kier molecular flexibility index (Phi) is 5.80. The molecule has 0 bridgehead atoms. The number of halogens is 1. The van der Waals surface area contributed by atoms with Gasteiger partial charge < -0.3 is 10.5 Å². The first-order chi connectivity index (χ1) is 7.58. The van der Waals surface area contributed by atoms with E-state index >= 15 is 0 Å². The van der Waals surface area contributed by atoms with E-state index in [4.69, 9.17) is 10.5 Å². The Bertz CT molecular complexity index is 302. The second-order valence-corrected chi connectivity index (χ2v) is 5.00. The molecular formula is C12H18FNOS. The minimum atomic E-state index is -0.211. The molecule has 1 atom stereocenters. The van der Waals surface area contributed by atoms with Crippen LogP contribution >= 0.6 is 11.8 Å². The van der Waals surface area contributed by atoms with E-state index in [1.807, 2.05) is 13.8 Å². The summed E-state index contributed by atoms with van der Waals surface area (Å²) >= 11 is 1.62. The summed E-state index contributed by atoms with van der Waals surface area (Å²) in [5, 5.41) is 0. The third kappa shape index (κ3) is 5.49. The van der Waals surface area contributed by atoms with Crippen LogP contribution in [0.3, 0.4) is 0 Å². The van der Waals surface area contributed by atoms with Gasteiger partial charge in [-0.3, -0.25) is 0 Å². The molecule has 0 spiro atoms. The van der Waals surface area contributed by atoms with Crippen molar-refractivity contribution in [1.29, 1.82) is 0 Å². The number of hydrogen-bond acceptors (Lipinski definition) is 3. The largest absolute Gasteiger partial charge is 0.377 e. The molecule has 1 rings (SSSR count). The molecule has 0 aromatic heterocycles. The van der Waals surface area contributed by atoms with Crippen LogP contribution in [0, 0.1) is 5.82 Å². The summed E-state index contributed by atoms with van der Waals surface area (Å²) in [6.45, 7) is 4.53. The lowest BCUT2D eigenvalue weighted by Gasteiger charge is -2.13. The highest BCUT2D eigenvalue weighted by molar-refractivity contribution is 7.99. The fraction of sp³-hybridized carbons (Fsp3) is 0.500. The summed E-state index contributed by atoms with van der Waals surface area (Å²) in [6, 6.07) is 6.45. The van der Waals surface area contributed by atoms with E-state index in [9.17, 15) is 4.39 Å². The van der Waals surface area contributed by atoms with Crippen molar-refractivity contribution in [3.63, 3.8) is 0 Å². The molecule has 2 nitrogen and oxygen atoms in total.